The van der Waals surface area contributed by atoms with E-state index in [2.05, 4.69) is 15.2 Å². The minimum absolute atomic E-state index is 0.00439. The third kappa shape index (κ3) is 3.64. The van der Waals surface area contributed by atoms with Crippen LogP contribution in [0.25, 0.3) is 0 Å². The van der Waals surface area contributed by atoms with Gasteiger partial charge >= 0.3 is 0 Å². The van der Waals surface area contributed by atoms with Crippen molar-refractivity contribution in [2.24, 2.45) is 0 Å². The van der Waals surface area contributed by atoms with E-state index in [1.807, 2.05) is 0 Å². The summed E-state index contributed by atoms with van der Waals surface area (Å²) in [4.78, 5) is 4.09. The topological polar surface area (TPSA) is 116 Å². The number of benzene rings is 1. The van der Waals surface area contributed by atoms with Crippen LogP contribution in [-0.4, -0.2) is 61.8 Å². The Bertz CT molecular complexity index is 918. The summed E-state index contributed by atoms with van der Waals surface area (Å²) in [5.74, 6) is 0.944. The molecule has 0 bridgehead atoms. The van der Waals surface area contributed by atoms with Crippen LogP contribution in [0.5, 0.6) is 0 Å². The first-order valence-corrected chi connectivity index (χ1v) is 9.80. The molecule has 0 spiro atoms. The van der Waals surface area contributed by atoms with Gasteiger partial charge < -0.3 is 0 Å². The van der Waals surface area contributed by atoms with Crippen molar-refractivity contribution in [1.29, 1.82) is 0 Å². The smallest absolute Gasteiger partial charge is 0.243 e. The van der Waals surface area contributed by atoms with Crippen molar-refractivity contribution < 1.29 is 16.8 Å². The van der Waals surface area contributed by atoms with Crippen molar-refractivity contribution in [3.63, 3.8) is 0 Å². The fourth-order valence-corrected chi connectivity index (χ4v) is 3.95. The Kier molecular flexibility index (Phi) is 5.08. The molecular weight excluding hydrogens is 354 g/mol. The molecule has 1 aromatic heterocycles. The molecule has 0 atom stereocenters. The fourth-order valence-electron chi connectivity index (χ4n) is 1.92. The van der Waals surface area contributed by atoms with Crippen molar-refractivity contribution >= 4 is 20.0 Å². The number of nitrogens with zero attached hydrogens (tertiary/aromatic N) is 4. The highest BCUT2D eigenvalue weighted by Crippen LogP contribution is 2.20. The van der Waals surface area contributed by atoms with Crippen LogP contribution in [0.15, 0.2) is 34.1 Å². The molecule has 0 aliphatic heterocycles. The quantitative estimate of drug-likeness (QED) is 0.772. The van der Waals surface area contributed by atoms with Gasteiger partial charge in [-0.3, -0.25) is 5.10 Å². The Balaban J connectivity index is 2.26. The highest BCUT2D eigenvalue weighted by atomic mass is 32.2. The molecule has 0 aliphatic carbocycles. The molecule has 2 aromatic rings. The zero-order chi connectivity index (χ0) is 18.1. The van der Waals surface area contributed by atoms with Gasteiger partial charge in [-0.1, -0.05) is 0 Å². The summed E-state index contributed by atoms with van der Waals surface area (Å²) >= 11 is 0. The molecule has 0 unspecified atom stereocenters. The van der Waals surface area contributed by atoms with Gasteiger partial charge in [-0.25, -0.2) is 26.1 Å². The maximum atomic E-state index is 12.5. The lowest BCUT2D eigenvalue weighted by Crippen LogP contribution is -2.27. The summed E-state index contributed by atoms with van der Waals surface area (Å²) in [6, 6.07) is 5.08. The van der Waals surface area contributed by atoms with Crippen LogP contribution >= 0.6 is 0 Å². The second-order valence-corrected chi connectivity index (χ2v) is 9.55. The van der Waals surface area contributed by atoms with Gasteiger partial charge in [-0.15, -0.1) is 0 Å². The first-order valence-electron chi connectivity index (χ1n) is 6.92. The van der Waals surface area contributed by atoms with Gasteiger partial charge in [0.2, 0.25) is 20.0 Å². The van der Waals surface area contributed by atoms with Crippen LogP contribution < -0.4 is 0 Å². The molecule has 0 saturated heterocycles. The van der Waals surface area contributed by atoms with Crippen LogP contribution in [0.4, 0.5) is 0 Å². The van der Waals surface area contributed by atoms with Crippen molar-refractivity contribution in [2.75, 3.05) is 21.1 Å². The fraction of sp³-hybridized carbons (Fsp3) is 0.385. The Morgan fingerprint density at radius 2 is 1.46 bits per heavy atom. The van der Waals surface area contributed by atoms with E-state index in [-0.39, 0.29) is 16.3 Å². The van der Waals surface area contributed by atoms with Crippen LogP contribution in [0.3, 0.4) is 0 Å². The number of aromatic amines is 1. The van der Waals surface area contributed by atoms with E-state index >= 15 is 0 Å². The van der Waals surface area contributed by atoms with Crippen molar-refractivity contribution in [3.05, 3.63) is 35.9 Å². The third-order valence-electron chi connectivity index (χ3n) is 3.32. The summed E-state index contributed by atoms with van der Waals surface area (Å²) in [7, 11) is -3.16. The van der Waals surface area contributed by atoms with E-state index < -0.39 is 20.0 Å². The molecule has 9 nitrogen and oxygen atoms in total. The second-order valence-electron chi connectivity index (χ2n) is 5.36. The van der Waals surface area contributed by atoms with Crippen molar-refractivity contribution in [3.8, 4) is 0 Å². The number of aromatic nitrogens is 3. The van der Waals surface area contributed by atoms with Gasteiger partial charge in [-0.2, -0.15) is 9.40 Å². The first-order chi connectivity index (χ1) is 11.0. The van der Waals surface area contributed by atoms with Crippen LogP contribution in [-0.2, 0) is 26.6 Å². The number of rotatable bonds is 6. The number of hydrogen-bond donors (Lipinski definition) is 1. The zero-order valence-electron chi connectivity index (χ0n) is 13.8. The highest BCUT2D eigenvalue weighted by molar-refractivity contribution is 7.89. The van der Waals surface area contributed by atoms with E-state index in [0.29, 0.717) is 11.6 Å². The molecule has 1 heterocycles. The Morgan fingerprint density at radius 1 is 0.958 bits per heavy atom. The number of sulfonamides is 2. The van der Waals surface area contributed by atoms with Crippen molar-refractivity contribution in [2.45, 2.75) is 23.3 Å². The molecule has 1 aromatic carbocycles. The molecule has 2 rings (SSSR count). The third-order valence-corrected chi connectivity index (χ3v) is 6.97. The van der Waals surface area contributed by atoms with Crippen LogP contribution in [0, 0.1) is 6.92 Å². The Morgan fingerprint density at radius 3 is 1.88 bits per heavy atom. The van der Waals surface area contributed by atoms with Crippen LogP contribution in [0.1, 0.15) is 11.6 Å². The second kappa shape index (κ2) is 6.59. The minimum Gasteiger partial charge on any atom is -0.263 e. The minimum atomic E-state index is -3.78. The number of hydrogen-bond acceptors (Lipinski definition) is 6. The van der Waals surface area contributed by atoms with E-state index in [1.54, 1.807) is 6.92 Å². The molecule has 11 heteroatoms. The summed E-state index contributed by atoms with van der Waals surface area (Å²) in [5, 5.41) is 6.55. The summed E-state index contributed by atoms with van der Waals surface area (Å²) < 4.78 is 51.3. The standard InChI is InChI=1S/C13H19N5O4S2/c1-10-14-13(16-15-10)9-18(4)24(21,22)12-7-5-11(6-8-12)23(19,20)17(2)3/h5-8H,9H2,1-4H3,(H,14,15,16). The molecule has 0 saturated carbocycles. The van der Waals surface area contributed by atoms with Gasteiger partial charge in [0, 0.05) is 21.1 Å². The number of nitrogens with one attached hydrogen (secondary N) is 1. The van der Waals surface area contributed by atoms with Gasteiger partial charge in [0.25, 0.3) is 0 Å². The predicted octanol–water partition coefficient (Wildman–Crippen LogP) is 0.184. The van der Waals surface area contributed by atoms with Crippen molar-refractivity contribution in [1.82, 2.24) is 23.8 Å². The summed E-state index contributed by atoms with van der Waals surface area (Å²) in [5.41, 5.74) is 0. The highest BCUT2D eigenvalue weighted by Gasteiger charge is 2.24. The molecule has 0 amide bonds. The average Bonchev–Trinajstić information content (AvgIpc) is 2.92. The SMILES string of the molecule is Cc1nc(CN(C)S(=O)(=O)c2ccc(S(=O)(=O)N(C)C)cc2)n[nH]1. The Hall–Kier alpha value is -1.82. The lowest BCUT2D eigenvalue weighted by Gasteiger charge is -2.16. The van der Waals surface area contributed by atoms with Gasteiger partial charge in [0.15, 0.2) is 5.82 Å². The average molecular weight is 373 g/mol. The maximum absolute atomic E-state index is 12.5. The number of aryl methyl sites for hydroxylation is 1. The normalized spacial score (nSPS) is 12.9. The lowest BCUT2D eigenvalue weighted by molar-refractivity contribution is 0.457. The van der Waals surface area contributed by atoms with Gasteiger partial charge in [0.05, 0.1) is 16.3 Å². The first kappa shape index (κ1) is 18.5. The monoisotopic (exact) mass is 373 g/mol. The van der Waals surface area contributed by atoms with E-state index in [9.17, 15) is 16.8 Å². The Labute approximate surface area is 141 Å². The number of H-pyrrole nitrogens is 1. The molecule has 0 aliphatic rings. The van der Waals surface area contributed by atoms with E-state index in [1.165, 1.54) is 45.4 Å². The molecule has 132 valence electrons. The summed E-state index contributed by atoms with van der Waals surface area (Å²) in [6.07, 6.45) is 0. The van der Waals surface area contributed by atoms with Gasteiger partial charge in [0.1, 0.15) is 5.82 Å². The molecule has 1 N–H and O–H groups in total. The lowest BCUT2D eigenvalue weighted by atomic mass is 10.4. The molecular formula is C13H19N5O4S2. The summed E-state index contributed by atoms with van der Waals surface area (Å²) in [6.45, 7) is 1.72. The van der Waals surface area contributed by atoms with E-state index in [0.717, 1.165) is 8.61 Å². The zero-order valence-corrected chi connectivity index (χ0v) is 15.4. The largest absolute Gasteiger partial charge is 0.263 e. The van der Waals surface area contributed by atoms with Crippen LogP contribution in [0.2, 0.25) is 0 Å². The molecule has 24 heavy (non-hydrogen) atoms. The molecule has 0 radical (unpaired) electrons. The predicted molar refractivity (Wildman–Crippen MR) is 87.1 cm³/mol. The van der Waals surface area contributed by atoms with E-state index in [4.69, 9.17) is 0 Å². The van der Waals surface area contributed by atoms with Gasteiger partial charge in [-0.05, 0) is 31.2 Å². The maximum Gasteiger partial charge on any atom is 0.243 e. The molecule has 0 fully saturated rings.